The number of hydrogen-bond donors (Lipinski definition) is 2. The lowest BCUT2D eigenvalue weighted by Gasteiger charge is -2.18. The maximum absolute atomic E-state index is 11.8. The first-order chi connectivity index (χ1) is 8.40. The number of imide groups is 1. The highest BCUT2D eigenvalue weighted by atomic mass is 79.9. The van der Waals surface area contributed by atoms with Crippen molar-refractivity contribution in [1.82, 2.24) is 5.32 Å². The van der Waals surface area contributed by atoms with Gasteiger partial charge in [0.05, 0.1) is 5.25 Å². The molecule has 4 nitrogen and oxygen atoms in total. The SMILES string of the molecule is CC(C)[C@@H](Sc1ccc(Br)cc1)C(=O)NC(N)=O. The smallest absolute Gasteiger partial charge is 0.318 e. The molecule has 0 saturated heterocycles. The maximum Gasteiger partial charge on any atom is 0.318 e. The molecule has 0 aromatic heterocycles. The average molecular weight is 331 g/mol. The molecular weight excluding hydrogens is 316 g/mol. The summed E-state index contributed by atoms with van der Waals surface area (Å²) in [6.45, 7) is 3.86. The van der Waals surface area contributed by atoms with Crippen LogP contribution in [0.2, 0.25) is 0 Å². The van der Waals surface area contributed by atoms with E-state index in [1.165, 1.54) is 11.8 Å². The molecule has 0 fully saturated rings. The number of rotatable bonds is 4. The van der Waals surface area contributed by atoms with Crippen LogP contribution in [-0.4, -0.2) is 17.2 Å². The third-order valence-electron chi connectivity index (χ3n) is 2.19. The molecule has 1 rings (SSSR count). The maximum atomic E-state index is 11.8. The van der Waals surface area contributed by atoms with Gasteiger partial charge in [0.25, 0.3) is 0 Å². The summed E-state index contributed by atoms with van der Waals surface area (Å²) in [5.74, 6) is -0.261. The molecule has 1 aromatic rings. The molecule has 1 atom stereocenters. The molecule has 6 heteroatoms. The van der Waals surface area contributed by atoms with Gasteiger partial charge in [0.1, 0.15) is 0 Å². The van der Waals surface area contributed by atoms with E-state index in [2.05, 4.69) is 21.2 Å². The van der Waals surface area contributed by atoms with Crippen molar-refractivity contribution in [2.24, 2.45) is 11.7 Å². The predicted octanol–water partition coefficient (Wildman–Crippen LogP) is 2.76. The molecule has 0 unspecified atom stereocenters. The summed E-state index contributed by atoms with van der Waals surface area (Å²) < 4.78 is 0.981. The first-order valence-electron chi connectivity index (χ1n) is 5.42. The van der Waals surface area contributed by atoms with Crippen molar-refractivity contribution in [2.45, 2.75) is 24.0 Å². The van der Waals surface area contributed by atoms with E-state index in [-0.39, 0.29) is 17.1 Å². The Morgan fingerprint density at radius 1 is 1.28 bits per heavy atom. The second-order valence-corrected chi connectivity index (χ2v) is 6.22. The van der Waals surface area contributed by atoms with Gasteiger partial charge in [-0.2, -0.15) is 0 Å². The van der Waals surface area contributed by atoms with Gasteiger partial charge in [-0.3, -0.25) is 10.1 Å². The lowest BCUT2D eigenvalue weighted by Crippen LogP contribution is -2.42. The third-order valence-corrected chi connectivity index (χ3v) is 4.27. The van der Waals surface area contributed by atoms with E-state index in [0.29, 0.717) is 0 Å². The quantitative estimate of drug-likeness (QED) is 0.834. The minimum absolute atomic E-state index is 0.0954. The van der Waals surface area contributed by atoms with Gasteiger partial charge >= 0.3 is 6.03 Å². The van der Waals surface area contributed by atoms with Gasteiger partial charge in [-0.1, -0.05) is 29.8 Å². The number of amides is 3. The molecule has 18 heavy (non-hydrogen) atoms. The fourth-order valence-electron chi connectivity index (χ4n) is 1.34. The Labute approximate surface area is 119 Å². The van der Waals surface area contributed by atoms with Crippen LogP contribution in [0.25, 0.3) is 0 Å². The van der Waals surface area contributed by atoms with E-state index in [0.717, 1.165) is 9.37 Å². The Morgan fingerprint density at radius 2 is 1.83 bits per heavy atom. The number of urea groups is 1. The molecule has 0 saturated carbocycles. The standard InChI is InChI=1S/C12H15BrN2O2S/c1-7(2)10(11(16)15-12(14)17)18-9-5-3-8(13)4-6-9/h3-7,10H,1-2H3,(H3,14,15,16,17)/t10-/m1/s1. The summed E-state index contributed by atoms with van der Waals surface area (Å²) in [5, 5.41) is 1.78. The molecule has 0 radical (unpaired) electrons. The summed E-state index contributed by atoms with van der Waals surface area (Å²) in [4.78, 5) is 23.5. The number of carbonyl (C=O) groups is 2. The second-order valence-electron chi connectivity index (χ2n) is 4.09. The van der Waals surface area contributed by atoms with Crippen LogP contribution < -0.4 is 11.1 Å². The molecule has 3 N–H and O–H groups in total. The van der Waals surface area contributed by atoms with E-state index in [1.54, 1.807) is 0 Å². The van der Waals surface area contributed by atoms with Crippen LogP contribution in [-0.2, 0) is 4.79 Å². The van der Waals surface area contributed by atoms with Crippen LogP contribution in [0.3, 0.4) is 0 Å². The number of benzene rings is 1. The fourth-order valence-corrected chi connectivity index (χ4v) is 2.63. The van der Waals surface area contributed by atoms with Crippen molar-refractivity contribution in [3.63, 3.8) is 0 Å². The monoisotopic (exact) mass is 330 g/mol. The summed E-state index contributed by atoms with van der Waals surface area (Å²) in [6, 6.07) is 6.84. The highest BCUT2D eigenvalue weighted by molar-refractivity contribution is 9.10. The predicted molar refractivity (Wildman–Crippen MR) is 76.4 cm³/mol. The number of halogens is 1. The van der Waals surface area contributed by atoms with E-state index < -0.39 is 6.03 Å². The summed E-state index contributed by atoms with van der Waals surface area (Å²) >= 11 is 4.77. The highest BCUT2D eigenvalue weighted by Gasteiger charge is 2.24. The van der Waals surface area contributed by atoms with Crippen LogP contribution >= 0.6 is 27.7 Å². The molecule has 98 valence electrons. The largest absolute Gasteiger partial charge is 0.351 e. The van der Waals surface area contributed by atoms with Crippen LogP contribution in [0.15, 0.2) is 33.6 Å². The average Bonchev–Trinajstić information content (AvgIpc) is 2.26. The number of carbonyl (C=O) groups excluding carboxylic acids is 2. The zero-order valence-electron chi connectivity index (χ0n) is 10.1. The number of hydrogen-bond acceptors (Lipinski definition) is 3. The molecular formula is C12H15BrN2O2S. The molecule has 0 bridgehead atoms. The Kier molecular flexibility index (Phi) is 5.68. The van der Waals surface area contributed by atoms with Crippen molar-refractivity contribution < 1.29 is 9.59 Å². The highest BCUT2D eigenvalue weighted by Crippen LogP contribution is 2.29. The topological polar surface area (TPSA) is 72.2 Å². The van der Waals surface area contributed by atoms with Gasteiger partial charge in [0.2, 0.25) is 5.91 Å². The zero-order valence-corrected chi connectivity index (χ0v) is 12.5. The second kappa shape index (κ2) is 6.80. The lowest BCUT2D eigenvalue weighted by molar-refractivity contribution is -0.120. The minimum Gasteiger partial charge on any atom is -0.351 e. The first kappa shape index (κ1) is 15.0. The van der Waals surface area contributed by atoms with Gasteiger partial charge in [-0.25, -0.2) is 4.79 Å². The van der Waals surface area contributed by atoms with Crippen LogP contribution in [0.1, 0.15) is 13.8 Å². The van der Waals surface area contributed by atoms with E-state index >= 15 is 0 Å². The Hall–Kier alpha value is -1.01. The van der Waals surface area contributed by atoms with E-state index in [1.807, 2.05) is 38.1 Å². The van der Waals surface area contributed by atoms with Gasteiger partial charge in [0.15, 0.2) is 0 Å². The van der Waals surface area contributed by atoms with Crippen LogP contribution in [0.5, 0.6) is 0 Å². The van der Waals surface area contributed by atoms with Crippen LogP contribution in [0, 0.1) is 5.92 Å². The van der Waals surface area contributed by atoms with Crippen molar-refractivity contribution in [2.75, 3.05) is 0 Å². The Morgan fingerprint density at radius 3 is 2.28 bits per heavy atom. The van der Waals surface area contributed by atoms with Crippen LogP contribution in [0.4, 0.5) is 4.79 Å². The van der Waals surface area contributed by atoms with E-state index in [4.69, 9.17) is 5.73 Å². The zero-order chi connectivity index (χ0) is 13.7. The first-order valence-corrected chi connectivity index (χ1v) is 7.10. The van der Waals surface area contributed by atoms with Crippen molar-refractivity contribution in [3.8, 4) is 0 Å². The molecule has 0 heterocycles. The molecule has 0 aliphatic rings. The third kappa shape index (κ3) is 4.70. The Bertz CT molecular complexity index is 434. The molecule has 0 aliphatic heterocycles. The van der Waals surface area contributed by atoms with Gasteiger partial charge < -0.3 is 5.73 Å². The normalized spacial score (nSPS) is 12.2. The molecule has 0 spiro atoms. The van der Waals surface area contributed by atoms with Gasteiger partial charge in [0, 0.05) is 9.37 Å². The van der Waals surface area contributed by atoms with Gasteiger partial charge in [-0.15, -0.1) is 11.8 Å². The fraction of sp³-hybridized carbons (Fsp3) is 0.333. The Balaban J connectivity index is 2.77. The minimum atomic E-state index is -0.818. The summed E-state index contributed by atoms with van der Waals surface area (Å²) in [6.07, 6.45) is 0. The number of primary amides is 1. The number of nitrogens with one attached hydrogen (secondary N) is 1. The molecule has 3 amide bonds. The number of thioether (sulfide) groups is 1. The van der Waals surface area contributed by atoms with Crippen molar-refractivity contribution >= 4 is 39.6 Å². The summed E-state index contributed by atoms with van der Waals surface area (Å²) in [7, 11) is 0. The van der Waals surface area contributed by atoms with Gasteiger partial charge in [-0.05, 0) is 30.2 Å². The number of nitrogens with two attached hydrogens (primary N) is 1. The van der Waals surface area contributed by atoms with E-state index in [9.17, 15) is 9.59 Å². The lowest BCUT2D eigenvalue weighted by atomic mass is 10.1. The van der Waals surface area contributed by atoms with Crippen molar-refractivity contribution in [1.29, 1.82) is 0 Å². The molecule has 0 aliphatic carbocycles. The summed E-state index contributed by atoms with van der Waals surface area (Å²) in [5.41, 5.74) is 4.96. The van der Waals surface area contributed by atoms with Crippen molar-refractivity contribution in [3.05, 3.63) is 28.7 Å². The molecule has 1 aromatic carbocycles.